The molecule has 7 nitrogen and oxygen atoms in total. The molecule has 26 heavy (non-hydrogen) atoms. The molecule has 2 aromatic rings. The number of rotatable bonds is 4. The van der Waals surface area contributed by atoms with E-state index in [0.29, 0.717) is 40.9 Å². The van der Waals surface area contributed by atoms with Gasteiger partial charge in [0.1, 0.15) is 11.5 Å². The lowest BCUT2D eigenvalue weighted by molar-refractivity contribution is -0.142. The number of halogens is 2. The highest BCUT2D eigenvalue weighted by atomic mass is 35.5. The van der Waals surface area contributed by atoms with Gasteiger partial charge in [-0.1, -0.05) is 36.2 Å². The molecule has 0 saturated carbocycles. The van der Waals surface area contributed by atoms with Crippen LogP contribution in [0.5, 0.6) is 0 Å². The number of carbonyl (C=O) groups excluding carboxylic acids is 1. The van der Waals surface area contributed by atoms with Gasteiger partial charge >= 0.3 is 5.97 Å². The molecule has 1 fully saturated rings. The Morgan fingerprint density at radius 3 is 2.50 bits per heavy atom. The van der Waals surface area contributed by atoms with Crippen LogP contribution in [0.1, 0.15) is 36.7 Å². The molecule has 2 atom stereocenters. The van der Waals surface area contributed by atoms with Crippen LogP contribution in [0, 0.1) is 5.92 Å². The molecule has 2 heterocycles. The van der Waals surface area contributed by atoms with Gasteiger partial charge in [0.25, 0.3) is 5.91 Å². The monoisotopic (exact) mass is 396 g/mol. The van der Waals surface area contributed by atoms with E-state index in [4.69, 9.17) is 23.2 Å². The van der Waals surface area contributed by atoms with Gasteiger partial charge in [-0.25, -0.2) is 9.67 Å². The predicted molar refractivity (Wildman–Crippen MR) is 97.0 cm³/mol. The first kappa shape index (κ1) is 18.7. The van der Waals surface area contributed by atoms with Crippen LogP contribution >= 0.6 is 23.2 Å². The zero-order chi connectivity index (χ0) is 19.0. The van der Waals surface area contributed by atoms with Gasteiger partial charge in [-0.2, -0.15) is 0 Å². The van der Waals surface area contributed by atoms with Crippen LogP contribution in [-0.2, 0) is 11.2 Å². The van der Waals surface area contributed by atoms with Crippen LogP contribution in [0.4, 0.5) is 0 Å². The van der Waals surface area contributed by atoms with Gasteiger partial charge in [0, 0.05) is 19.0 Å². The van der Waals surface area contributed by atoms with Gasteiger partial charge in [0.2, 0.25) is 5.82 Å². The molecule has 0 aliphatic carbocycles. The number of amides is 1. The number of benzene rings is 1. The molecule has 1 aromatic heterocycles. The first-order valence-corrected chi connectivity index (χ1v) is 9.04. The zero-order valence-corrected chi connectivity index (χ0v) is 15.8. The van der Waals surface area contributed by atoms with Crippen molar-refractivity contribution in [3.05, 3.63) is 39.9 Å². The van der Waals surface area contributed by atoms with Gasteiger partial charge in [-0.15, -0.1) is 5.10 Å². The van der Waals surface area contributed by atoms with E-state index in [2.05, 4.69) is 10.1 Å². The highest BCUT2D eigenvalue weighted by Gasteiger charge is 2.39. The second-order valence-electron chi connectivity index (χ2n) is 6.16. The number of likely N-dealkylation sites (tertiary alicyclic amines) is 1. The number of aliphatic carboxylic acids is 1. The third-order valence-corrected chi connectivity index (χ3v) is 5.27. The summed E-state index contributed by atoms with van der Waals surface area (Å²) in [5.41, 5.74) is 0.470. The van der Waals surface area contributed by atoms with Crippen LogP contribution in [0.2, 0.25) is 10.0 Å². The highest BCUT2D eigenvalue weighted by Crippen LogP contribution is 2.30. The molecule has 1 aliphatic rings. The van der Waals surface area contributed by atoms with Crippen molar-refractivity contribution in [2.45, 2.75) is 32.7 Å². The summed E-state index contributed by atoms with van der Waals surface area (Å²) in [7, 11) is 0. The molecule has 1 N–H and O–H groups in total. The Morgan fingerprint density at radius 2 is 1.96 bits per heavy atom. The average Bonchev–Trinajstić information content (AvgIpc) is 3.18. The van der Waals surface area contributed by atoms with E-state index in [-0.39, 0.29) is 5.82 Å². The molecular weight excluding hydrogens is 379 g/mol. The summed E-state index contributed by atoms with van der Waals surface area (Å²) in [5, 5.41) is 14.4. The minimum atomic E-state index is -0.900. The van der Waals surface area contributed by atoms with Crippen molar-refractivity contribution in [2.75, 3.05) is 6.54 Å². The van der Waals surface area contributed by atoms with Crippen LogP contribution in [0.15, 0.2) is 18.2 Å². The fourth-order valence-corrected chi connectivity index (χ4v) is 3.78. The van der Waals surface area contributed by atoms with Crippen LogP contribution in [-0.4, -0.2) is 49.2 Å². The highest BCUT2D eigenvalue weighted by molar-refractivity contribution is 6.37. The third kappa shape index (κ3) is 3.17. The second kappa shape index (κ2) is 7.25. The molecule has 1 aliphatic heterocycles. The van der Waals surface area contributed by atoms with E-state index in [1.54, 1.807) is 25.1 Å². The number of carboxylic acid groups (broad SMARTS) is 1. The van der Waals surface area contributed by atoms with E-state index in [1.165, 1.54) is 9.58 Å². The first-order valence-electron chi connectivity index (χ1n) is 8.29. The van der Waals surface area contributed by atoms with Crippen molar-refractivity contribution in [1.82, 2.24) is 19.7 Å². The summed E-state index contributed by atoms with van der Waals surface area (Å²) in [6.07, 6.45) is 0.940. The number of nitrogens with zero attached hydrogens (tertiary/aromatic N) is 4. The van der Waals surface area contributed by atoms with E-state index in [1.807, 2.05) is 6.92 Å². The Balaban J connectivity index is 1.97. The first-order chi connectivity index (χ1) is 12.3. The van der Waals surface area contributed by atoms with Crippen LogP contribution in [0.3, 0.4) is 0 Å². The van der Waals surface area contributed by atoms with E-state index < -0.39 is 23.8 Å². The maximum Gasteiger partial charge on any atom is 0.308 e. The van der Waals surface area contributed by atoms with Crippen molar-refractivity contribution >= 4 is 35.1 Å². The number of hydrogen-bond donors (Lipinski definition) is 1. The average molecular weight is 397 g/mol. The van der Waals surface area contributed by atoms with Gasteiger partial charge < -0.3 is 10.0 Å². The third-order valence-electron chi connectivity index (χ3n) is 4.66. The minimum Gasteiger partial charge on any atom is -0.481 e. The Morgan fingerprint density at radius 1 is 1.31 bits per heavy atom. The summed E-state index contributed by atoms with van der Waals surface area (Å²) < 4.78 is 1.48. The normalized spacial score (nSPS) is 19.8. The van der Waals surface area contributed by atoms with Gasteiger partial charge in [-0.05, 0) is 25.5 Å². The molecular formula is C17H18Cl2N4O3. The van der Waals surface area contributed by atoms with Crippen molar-refractivity contribution in [2.24, 2.45) is 5.92 Å². The lowest BCUT2D eigenvalue weighted by Crippen LogP contribution is -2.38. The fourth-order valence-electron chi connectivity index (χ4n) is 3.22. The zero-order valence-electron chi connectivity index (χ0n) is 14.3. The number of aryl methyl sites for hydroxylation is 1. The van der Waals surface area contributed by atoms with Crippen molar-refractivity contribution in [3.63, 3.8) is 0 Å². The Labute approximate surface area is 160 Å². The minimum absolute atomic E-state index is 0.00993. The van der Waals surface area contributed by atoms with Crippen molar-refractivity contribution in [3.8, 4) is 5.69 Å². The molecule has 2 unspecified atom stereocenters. The van der Waals surface area contributed by atoms with Crippen molar-refractivity contribution in [1.29, 1.82) is 0 Å². The molecule has 138 valence electrons. The summed E-state index contributed by atoms with van der Waals surface area (Å²) >= 11 is 12.5. The molecule has 1 aromatic carbocycles. The maximum absolute atomic E-state index is 12.8. The standard InChI is InChI=1S/C17H18Cl2N4O3/c1-3-13-20-15(16(24)22-8-7-10(9(22)2)17(25)26)21-23(13)14-11(18)5-4-6-12(14)19/h4-6,9-10H,3,7-8H2,1-2H3,(H,25,26). The summed E-state index contributed by atoms with van der Waals surface area (Å²) in [5.74, 6) is -1.31. The SMILES string of the molecule is CCc1nc(C(=O)N2CCC(C(=O)O)C2C)nn1-c1c(Cl)cccc1Cl. The van der Waals surface area contributed by atoms with E-state index >= 15 is 0 Å². The number of carbonyl (C=O) groups is 2. The molecule has 1 saturated heterocycles. The summed E-state index contributed by atoms with van der Waals surface area (Å²) in [4.78, 5) is 30.0. The summed E-state index contributed by atoms with van der Waals surface area (Å²) in [6.45, 7) is 3.98. The van der Waals surface area contributed by atoms with Gasteiger partial charge in [0.15, 0.2) is 0 Å². The fraction of sp³-hybridized carbons (Fsp3) is 0.412. The molecule has 9 heteroatoms. The Kier molecular flexibility index (Phi) is 5.20. The van der Waals surface area contributed by atoms with Crippen molar-refractivity contribution < 1.29 is 14.7 Å². The smallest absolute Gasteiger partial charge is 0.308 e. The van der Waals surface area contributed by atoms with Crippen LogP contribution in [0.25, 0.3) is 5.69 Å². The Hall–Kier alpha value is -2.12. The predicted octanol–water partition coefficient (Wildman–Crippen LogP) is 3.07. The lowest BCUT2D eigenvalue weighted by atomic mass is 10.0. The largest absolute Gasteiger partial charge is 0.481 e. The van der Waals surface area contributed by atoms with E-state index in [0.717, 1.165) is 0 Å². The van der Waals surface area contributed by atoms with Gasteiger partial charge in [0.05, 0.1) is 16.0 Å². The topological polar surface area (TPSA) is 88.3 Å². The molecule has 0 bridgehead atoms. The van der Waals surface area contributed by atoms with Crippen LogP contribution < -0.4 is 0 Å². The van der Waals surface area contributed by atoms with E-state index in [9.17, 15) is 14.7 Å². The summed E-state index contributed by atoms with van der Waals surface area (Å²) in [6, 6.07) is 4.68. The molecule has 3 rings (SSSR count). The Bertz CT molecular complexity index is 847. The molecule has 0 spiro atoms. The number of hydrogen-bond acceptors (Lipinski definition) is 4. The lowest BCUT2D eigenvalue weighted by Gasteiger charge is -2.21. The number of aromatic nitrogens is 3. The number of carboxylic acids is 1. The maximum atomic E-state index is 12.8. The van der Waals surface area contributed by atoms with Gasteiger partial charge in [-0.3, -0.25) is 9.59 Å². The number of para-hydroxylation sites is 1. The quantitative estimate of drug-likeness (QED) is 0.857. The molecule has 0 radical (unpaired) electrons. The second-order valence-corrected chi connectivity index (χ2v) is 6.97. The molecule has 1 amide bonds.